The Hall–Kier alpha value is -6.63. The van der Waals surface area contributed by atoms with Gasteiger partial charge in [-0.2, -0.15) is 0 Å². The number of nitrogens with two attached hydrogens (primary N) is 1. The monoisotopic (exact) mass is 822 g/mol. The molecular weight excluding hydrogens is 778 g/mol. The Morgan fingerprint density at radius 2 is 1.22 bits per heavy atom. The molecule has 0 atom stereocenters. The van der Waals surface area contributed by atoms with Gasteiger partial charge in [0.1, 0.15) is 28.8 Å². The predicted molar refractivity (Wildman–Crippen MR) is 243 cm³/mol. The maximum Gasteiger partial charge on any atom is 0.137 e. The van der Waals surface area contributed by atoms with Crippen LogP contribution in [0.2, 0.25) is 0 Å². The summed E-state index contributed by atoms with van der Waals surface area (Å²) in [6.45, 7) is 4.13. The first-order valence-corrected chi connectivity index (χ1v) is 20.0. The fraction of sp³-hybridized carbons (Fsp3) is 0.0962. The number of benzene rings is 7. The molecule has 2 heterocycles. The number of rotatable bonds is 8. The summed E-state index contributed by atoms with van der Waals surface area (Å²) >= 11 is 3.54. The van der Waals surface area contributed by atoms with Gasteiger partial charge in [-0.3, -0.25) is 4.57 Å². The highest BCUT2D eigenvalue weighted by molar-refractivity contribution is 9.10. The van der Waals surface area contributed by atoms with Gasteiger partial charge in [-0.1, -0.05) is 122 Å². The molecule has 9 aromatic rings. The molecule has 58 heavy (non-hydrogen) atoms. The molecule has 0 unspecified atom stereocenters. The largest absolute Gasteiger partial charge is 0.457 e. The van der Waals surface area contributed by atoms with Gasteiger partial charge in [0.15, 0.2) is 0 Å². The number of hydrogen-bond acceptors (Lipinski definition) is 4. The van der Waals surface area contributed by atoms with Gasteiger partial charge in [0.25, 0.3) is 0 Å². The predicted octanol–water partition coefficient (Wildman–Crippen LogP) is 14.7. The van der Waals surface area contributed by atoms with E-state index in [4.69, 9.17) is 24.3 Å². The number of ether oxygens (including phenoxy) is 2. The maximum atomic E-state index is 8.72. The van der Waals surface area contributed by atoms with Gasteiger partial charge in [0, 0.05) is 54.0 Å². The minimum Gasteiger partial charge on any atom is -0.457 e. The Labute approximate surface area is 351 Å². The second-order valence-electron chi connectivity index (χ2n) is 15.4. The number of nitrogen functional groups attached to an aromatic ring is 1. The topological polar surface area (TPSA) is 62.3 Å². The summed E-state index contributed by atoms with van der Waals surface area (Å²) in [6.07, 6.45) is 1.65. The van der Waals surface area contributed by atoms with Crippen LogP contribution in [-0.2, 0) is 5.41 Å². The van der Waals surface area contributed by atoms with E-state index in [1.807, 2.05) is 126 Å². The Balaban J connectivity index is 1.07. The molecule has 0 saturated carbocycles. The van der Waals surface area contributed by atoms with Gasteiger partial charge in [-0.25, -0.2) is 4.98 Å². The standard InChI is InChI=1S/C52H42BrN3O2/c1-33-27-50(56-48-26-21-37(52(2,3)4)29-46(48)45-25-24-42(31-49(45)56)58-41-16-9-14-38(53)30-41)55-32-47(33)36-13-8-15-40(28-36)57-39-22-19-35(20-23-39)44-18-10-17-43(51(44)54)34-11-6-5-7-12-34/h5-32H,54H2,1-4H3/i1D3. The lowest BCUT2D eigenvalue weighted by molar-refractivity contribution is 0.482. The van der Waals surface area contributed by atoms with Crippen molar-refractivity contribution < 1.29 is 13.6 Å². The van der Waals surface area contributed by atoms with E-state index in [-0.39, 0.29) is 11.0 Å². The Kier molecular flexibility index (Phi) is 8.68. The molecule has 5 nitrogen and oxygen atoms in total. The van der Waals surface area contributed by atoms with Crippen LogP contribution in [0.1, 0.15) is 36.0 Å². The zero-order valence-electron chi connectivity index (χ0n) is 35.3. The van der Waals surface area contributed by atoms with Crippen molar-refractivity contribution in [3.63, 3.8) is 0 Å². The molecule has 0 aliphatic carbocycles. The average Bonchev–Trinajstić information content (AvgIpc) is 3.57. The van der Waals surface area contributed by atoms with Gasteiger partial charge in [0.2, 0.25) is 0 Å². The van der Waals surface area contributed by atoms with Crippen molar-refractivity contribution in [2.45, 2.75) is 33.0 Å². The number of para-hydroxylation sites is 1. The summed E-state index contributed by atoms with van der Waals surface area (Å²) in [5.41, 5.74) is 15.6. The van der Waals surface area contributed by atoms with Crippen molar-refractivity contribution in [3.8, 4) is 62.2 Å². The number of aryl methyl sites for hydroxylation is 1. The molecule has 2 N–H and O–H groups in total. The van der Waals surface area contributed by atoms with Gasteiger partial charge in [-0.05, 0) is 113 Å². The van der Waals surface area contributed by atoms with Crippen LogP contribution in [0.5, 0.6) is 23.0 Å². The fourth-order valence-corrected chi connectivity index (χ4v) is 7.87. The average molecular weight is 824 g/mol. The molecular formula is C52H42BrN3O2. The minimum absolute atomic E-state index is 0.0771. The van der Waals surface area contributed by atoms with Crippen molar-refractivity contribution in [1.29, 1.82) is 0 Å². The van der Waals surface area contributed by atoms with E-state index < -0.39 is 6.85 Å². The van der Waals surface area contributed by atoms with Crippen LogP contribution >= 0.6 is 15.9 Å². The van der Waals surface area contributed by atoms with E-state index in [0.29, 0.717) is 45.6 Å². The van der Waals surface area contributed by atoms with Gasteiger partial charge < -0.3 is 15.2 Å². The van der Waals surface area contributed by atoms with Crippen LogP contribution in [0.4, 0.5) is 5.69 Å². The first kappa shape index (κ1) is 33.5. The summed E-state index contributed by atoms with van der Waals surface area (Å²) in [5.74, 6) is 3.02. The van der Waals surface area contributed by atoms with E-state index in [2.05, 4.69) is 73.1 Å². The van der Waals surface area contributed by atoms with Crippen LogP contribution in [0.25, 0.3) is 61.0 Å². The molecule has 7 aromatic carbocycles. The van der Waals surface area contributed by atoms with Crippen LogP contribution in [0.3, 0.4) is 0 Å². The molecule has 2 aromatic heterocycles. The van der Waals surface area contributed by atoms with Gasteiger partial charge in [0.05, 0.1) is 11.0 Å². The van der Waals surface area contributed by atoms with Crippen molar-refractivity contribution in [3.05, 3.63) is 186 Å². The first-order valence-electron chi connectivity index (χ1n) is 20.7. The van der Waals surface area contributed by atoms with Gasteiger partial charge in [-0.15, -0.1) is 0 Å². The molecule has 0 amide bonds. The highest BCUT2D eigenvalue weighted by Crippen LogP contribution is 2.39. The normalized spacial score (nSPS) is 12.6. The summed E-state index contributed by atoms with van der Waals surface area (Å²) in [4.78, 5) is 4.97. The van der Waals surface area contributed by atoms with E-state index >= 15 is 0 Å². The maximum absolute atomic E-state index is 8.72. The third-order valence-corrected chi connectivity index (χ3v) is 11.0. The van der Waals surface area contributed by atoms with Crippen molar-refractivity contribution in [1.82, 2.24) is 9.55 Å². The third-order valence-electron chi connectivity index (χ3n) is 10.5. The number of hydrogen-bond donors (Lipinski definition) is 1. The molecule has 0 radical (unpaired) electrons. The summed E-state index contributed by atoms with van der Waals surface area (Å²) < 4.78 is 41.8. The molecule has 0 bridgehead atoms. The lowest BCUT2D eigenvalue weighted by Crippen LogP contribution is -2.10. The zero-order chi connectivity index (χ0) is 42.5. The lowest BCUT2D eigenvalue weighted by atomic mass is 9.86. The minimum atomic E-state index is -2.45. The lowest BCUT2D eigenvalue weighted by Gasteiger charge is -2.19. The number of halogens is 1. The zero-order valence-corrected chi connectivity index (χ0v) is 33.9. The Morgan fingerprint density at radius 3 is 1.97 bits per heavy atom. The second-order valence-corrected chi connectivity index (χ2v) is 16.3. The Bertz CT molecular complexity index is 3080. The van der Waals surface area contributed by atoms with Crippen LogP contribution < -0.4 is 15.2 Å². The highest BCUT2D eigenvalue weighted by atomic mass is 79.9. The Morgan fingerprint density at radius 1 is 0.569 bits per heavy atom. The number of nitrogens with zero attached hydrogens (tertiary/aromatic N) is 2. The number of pyridine rings is 1. The second kappa shape index (κ2) is 15.0. The summed E-state index contributed by atoms with van der Waals surface area (Å²) in [5, 5.41) is 2.05. The first-order chi connectivity index (χ1) is 29.3. The molecule has 0 saturated heterocycles. The van der Waals surface area contributed by atoms with Crippen molar-refractivity contribution in [2.75, 3.05) is 5.73 Å². The molecule has 284 valence electrons. The van der Waals surface area contributed by atoms with E-state index in [0.717, 1.165) is 48.5 Å². The van der Waals surface area contributed by atoms with E-state index in [1.165, 1.54) is 5.56 Å². The van der Waals surface area contributed by atoms with E-state index in [9.17, 15) is 0 Å². The van der Waals surface area contributed by atoms with Crippen LogP contribution in [0, 0.1) is 6.85 Å². The number of anilines is 1. The third kappa shape index (κ3) is 7.23. The molecule has 0 spiro atoms. The van der Waals surface area contributed by atoms with Crippen molar-refractivity contribution in [2.24, 2.45) is 0 Å². The molecule has 0 aliphatic heterocycles. The molecule has 0 aliphatic rings. The fourth-order valence-electron chi connectivity index (χ4n) is 7.49. The highest BCUT2D eigenvalue weighted by Gasteiger charge is 2.20. The smallest absolute Gasteiger partial charge is 0.137 e. The molecule has 6 heteroatoms. The van der Waals surface area contributed by atoms with Gasteiger partial charge >= 0.3 is 0 Å². The summed E-state index contributed by atoms with van der Waals surface area (Å²) in [6, 6.07) is 53.3. The molecule has 0 fully saturated rings. The number of aromatic nitrogens is 2. The number of fused-ring (bicyclic) bond motifs is 3. The quantitative estimate of drug-likeness (QED) is 0.155. The summed E-state index contributed by atoms with van der Waals surface area (Å²) in [7, 11) is 0. The van der Waals surface area contributed by atoms with E-state index in [1.54, 1.807) is 12.3 Å². The van der Waals surface area contributed by atoms with Crippen molar-refractivity contribution >= 4 is 43.4 Å². The SMILES string of the molecule is [2H]C([2H])([2H])c1cc(-n2c3ccc(C(C)(C)C)cc3c3ccc(Oc4cccc(Br)c4)cc32)ncc1-c1cccc(Oc2ccc(-c3cccc(-c4ccccc4)c3N)cc2)c1. The van der Waals surface area contributed by atoms with Crippen LogP contribution in [-0.4, -0.2) is 9.55 Å². The van der Waals surface area contributed by atoms with Crippen LogP contribution in [0.15, 0.2) is 174 Å². The molecule has 9 rings (SSSR count).